The van der Waals surface area contributed by atoms with E-state index in [1.807, 2.05) is 19.9 Å². The highest BCUT2D eigenvalue weighted by molar-refractivity contribution is 5.94. The van der Waals surface area contributed by atoms with Gasteiger partial charge in [0.1, 0.15) is 23.0 Å². The van der Waals surface area contributed by atoms with Gasteiger partial charge < -0.3 is 13.7 Å². The number of hydrogen-bond acceptors (Lipinski definition) is 7. The van der Waals surface area contributed by atoms with Gasteiger partial charge in [0, 0.05) is 18.3 Å². The van der Waals surface area contributed by atoms with Crippen LogP contribution in [-0.4, -0.2) is 20.7 Å². The predicted molar refractivity (Wildman–Crippen MR) is 85.0 cm³/mol. The fourth-order valence-corrected chi connectivity index (χ4v) is 2.29. The second-order valence-corrected chi connectivity index (χ2v) is 5.69. The highest BCUT2D eigenvalue weighted by atomic mass is 16.6. The van der Waals surface area contributed by atoms with E-state index in [0.29, 0.717) is 11.6 Å². The molecule has 3 rings (SSSR count). The van der Waals surface area contributed by atoms with Gasteiger partial charge in [-0.1, -0.05) is 19.0 Å². The van der Waals surface area contributed by atoms with E-state index in [2.05, 4.69) is 10.1 Å². The summed E-state index contributed by atoms with van der Waals surface area (Å²) in [5.74, 6) is 0.745. The molecule has 3 aromatic rings. The molecule has 0 spiro atoms. The Balaban J connectivity index is 1.81. The van der Waals surface area contributed by atoms with E-state index in [0.717, 1.165) is 0 Å². The van der Waals surface area contributed by atoms with E-state index >= 15 is 0 Å². The maximum absolute atomic E-state index is 12.4. The molecule has 0 aliphatic carbocycles. The van der Waals surface area contributed by atoms with Crippen LogP contribution in [0.1, 0.15) is 53.2 Å². The molecule has 25 heavy (non-hydrogen) atoms. The summed E-state index contributed by atoms with van der Waals surface area (Å²) >= 11 is 0. The first kappa shape index (κ1) is 16.5. The van der Waals surface area contributed by atoms with E-state index in [9.17, 15) is 10.1 Å². The van der Waals surface area contributed by atoms with Crippen LogP contribution in [0.25, 0.3) is 5.88 Å². The van der Waals surface area contributed by atoms with Crippen molar-refractivity contribution in [3.8, 4) is 12.0 Å². The van der Waals surface area contributed by atoms with Gasteiger partial charge in [-0.05, 0) is 19.1 Å². The quantitative estimate of drug-likeness (QED) is 0.657. The smallest absolute Gasteiger partial charge is 0.343 e. The Labute approximate surface area is 143 Å². The molecule has 0 aromatic carbocycles. The zero-order valence-electron chi connectivity index (χ0n) is 14.0. The summed E-state index contributed by atoms with van der Waals surface area (Å²) < 4.78 is 17.4. The fourth-order valence-electron chi connectivity index (χ4n) is 2.29. The van der Waals surface area contributed by atoms with Crippen molar-refractivity contribution >= 4 is 5.97 Å². The molecule has 0 radical (unpaired) electrons. The summed E-state index contributed by atoms with van der Waals surface area (Å²) in [7, 11) is 0. The Bertz CT molecular complexity index is 929. The standard InChI is InChI=1S/C17H16N4O4/c1-10(2)15-19-13(25-20-15)9-23-17(22)14-11(3)24-16(12(14)8-18)21-6-4-5-7-21/h4-7,10H,9H2,1-3H3. The normalized spacial score (nSPS) is 10.8. The third-order valence-electron chi connectivity index (χ3n) is 3.55. The van der Waals surface area contributed by atoms with Crippen molar-refractivity contribution in [3.63, 3.8) is 0 Å². The van der Waals surface area contributed by atoms with E-state index in [4.69, 9.17) is 13.7 Å². The molecule has 0 aliphatic rings. The molecular weight excluding hydrogens is 324 g/mol. The molecule has 3 heterocycles. The van der Waals surface area contributed by atoms with Gasteiger partial charge in [-0.15, -0.1) is 0 Å². The Morgan fingerprint density at radius 3 is 2.72 bits per heavy atom. The number of nitrogens with zero attached hydrogens (tertiary/aromatic N) is 4. The van der Waals surface area contributed by atoms with Crippen molar-refractivity contribution in [1.82, 2.24) is 14.7 Å². The van der Waals surface area contributed by atoms with E-state index in [1.165, 1.54) is 0 Å². The van der Waals surface area contributed by atoms with Crippen molar-refractivity contribution < 1.29 is 18.5 Å². The molecule has 3 aromatic heterocycles. The van der Waals surface area contributed by atoms with Crippen LogP contribution in [0, 0.1) is 18.3 Å². The highest BCUT2D eigenvalue weighted by Gasteiger charge is 2.26. The van der Waals surface area contributed by atoms with Gasteiger partial charge in [0.05, 0.1) is 0 Å². The van der Waals surface area contributed by atoms with Crippen molar-refractivity contribution in [2.75, 3.05) is 0 Å². The third-order valence-corrected chi connectivity index (χ3v) is 3.55. The van der Waals surface area contributed by atoms with Crippen LogP contribution in [0.2, 0.25) is 0 Å². The van der Waals surface area contributed by atoms with Gasteiger partial charge in [0.25, 0.3) is 5.89 Å². The van der Waals surface area contributed by atoms with Crippen LogP contribution in [0.4, 0.5) is 0 Å². The summed E-state index contributed by atoms with van der Waals surface area (Å²) in [5, 5.41) is 13.2. The van der Waals surface area contributed by atoms with Gasteiger partial charge in [0.2, 0.25) is 5.88 Å². The number of hydrogen-bond donors (Lipinski definition) is 0. The zero-order chi connectivity index (χ0) is 18.0. The van der Waals surface area contributed by atoms with Gasteiger partial charge in [0.15, 0.2) is 12.4 Å². The SMILES string of the molecule is Cc1oc(-n2cccc2)c(C#N)c1C(=O)OCc1nc(C(C)C)no1. The van der Waals surface area contributed by atoms with Gasteiger partial charge in [-0.3, -0.25) is 4.57 Å². The Kier molecular flexibility index (Phi) is 4.39. The molecule has 0 N–H and O–H groups in total. The molecule has 0 atom stereocenters. The molecule has 0 aliphatic heterocycles. The van der Waals surface area contributed by atoms with Crippen LogP contribution in [-0.2, 0) is 11.3 Å². The number of ether oxygens (including phenoxy) is 1. The largest absolute Gasteiger partial charge is 0.452 e. The topological polar surface area (TPSA) is 107 Å². The summed E-state index contributed by atoms with van der Waals surface area (Å²) in [6.07, 6.45) is 3.44. The van der Waals surface area contributed by atoms with E-state index in [1.54, 1.807) is 36.0 Å². The first-order valence-corrected chi connectivity index (χ1v) is 7.67. The zero-order valence-corrected chi connectivity index (χ0v) is 14.0. The first-order valence-electron chi connectivity index (χ1n) is 7.67. The second kappa shape index (κ2) is 6.65. The van der Waals surface area contributed by atoms with Gasteiger partial charge in [-0.25, -0.2) is 4.79 Å². The summed E-state index contributed by atoms with van der Waals surface area (Å²) in [4.78, 5) is 16.5. The lowest BCUT2D eigenvalue weighted by atomic mass is 10.1. The molecule has 0 saturated heterocycles. The van der Waals surface area contributed by atoms with Crippen molar-refractivity contribution in [3.05, 3.63) is 53.1 Å². The van der Waals surface area contributed by atoms with Crippen LogP contribution in [0.3, 0.4) is 0 Å². The summed E-state index contributed by atoms with van der Waals surface area (Å²) in [5.41, 5.74) is 0.210. The lowest BCUT2D eigenvalue weighted by molar-refractivity contribution is 0.0427. The number of esters is 1. The first-order chi connectivity index (χ1) is 12.0. The predicted octanol–water partition coefficient (Wildman–Crippen LogP) is 3.11. The minimum absolute atomic E-state index is 0.0924. The fraction of sp³-hybridized carbons (Fsp3) is 0.294. The molecule has 128 valence electrons. The Hall–Kier alpha value is -3.34. The molecule has 8 nitrogen and oxygen atoms in total. The van der Waals surface area contributed by atoms with Crippen LogP contribution in [0.15, 0.2) is 33.5 Å². The van der Waals surface area contributed by atoms with Crippen LogP contribution >= 0.6 is 0 Å². The maximum atomic E-state index is 12.4. The monoisotopic (exact) mass is 340 g/mol. The Morgan fingerprint density at radius 1 is 1.40 bits per heavy atom. The number of carbonyl (C=O) groups is 1. The van der Waals surface area contributed by atoms with Gasteiger partial charge in [-0.2, -0.15) is 10.2 Å². The summed E-state index contributed by atoms with van der Waals surface area (Å²) in [6.45, 7) is 5.29. The highest BCUT2D eigenvalue weighted by Crippen LogP contribution is 2.26. The molecule has 0 amide bonds. The molecular formula is C17H16N4O4. The van der Waals surface area contributed by atoms with E-state index < -0.39 is 5.97 Å². The molecule has 0 bridgehead atoms. The lowest BCUT2D eigenvalue weighted by Gasteiger charge is -2.01. The summed E-state index contributed by atoms with van der Waals surface area (Å²) in [6, 6.07) is 5.59. The second-order valence-electron chi connectivity index (χ2n) is 5.69. The number of aromatic nitrogens is 3. The molecule has 0 fully saturated rings. The Morgan fingerprint density at radius 2 is 2.12 bits per heavy atom. The molecule has 0 unspecified atom stereocenters. The maximum Gasteiger partial charge on any atom is 0.343 e. The van der Waals surface area contributed by atoms with Crippen LogP contribution in [0.5, 0.6) is 0 Å². The number of rotatable bonds is 5. The number of aryl methyl sites for hydroxylation is 1. The number of carbonyl (C=O) groups excluding carboxylic acids is 1. The lowest BCUT2D eigenvalue weighted by Crippen LogP contribution is -2.08. The molecule has 8 heteroatoms. The molecule has 0 saturated carbocycles. The van der Waals surface area contributed by atoms with Crippen molar-refractivity contribution in [1.29, 1.82) is 5.26 Å². The van der Waals surface area contributed by atoms with Crippen molar-refractivity contribution in [2.45, 2.75) is 33.3 Å². The van der Waals surface area contributed by atoms with Gasteiger partial charge >= 0.3 is 5.97 Å². The minimum atomic E-state index is -0.680. The van der Waals surface area contributed by atoms with E-state index in [-0.39, 0.29) is 35.4 Å². The number of furan rings is 1. The minimum Gasteiger partial charge on any atom is -0.452 e. The number of nitriles is 1. The average molecular weight is 340 g/mol. The average Bonchev–Trinajstić information content (AvgIpc) is 3.31. The van der Waals surface area contributed by atoms with Crippen molar-refractivity contribution in [2.24, 2.45) is 0 Å². The van der Waals surface area contributed by atoms with Crippen LogP contribution < -0.4 is 0 Å². The third kappa shape index (κ3) is 3.17.